The van der Waals surface area contributed by atoms with Gasteiger partial charge in [0.1, 0.15) is 0 Å². The zero-order chi connectivity index (χ0) is 13.0. The molecule has 4 nitrogen and oxygen atoms in total. The van der Waals surface area contributed by atoms with Crippen LogP contribution in [0.3, 0.4) is 0 Å². The number of rotatable bonds is 4. The molecule has 0 bridgehead atoms. The minimum absolute atomic E-state index is 0.846. The van der Waals surface area contributed by atoms with Crippen LogP contribution in [0.5, 0.6) is 23.0 Å². The molecule has 4 heteroatoms. The van der Waals surface area contributed by atoms with Gasteiger partial charge in [0.25, 0.3) is 0 Å². The standard InChI is InChI=1S/C15H14N2O2/c1-16-10-5-3-8(12-14(10)18-12)7-9-4-6-11(17-2)15-13(9)19-15/h3-6,16-17H,7H2,1-2H3. The quantitative estimate of drug-likeness (QED) is 0.547. The van der Waals surface area contributed by atoms with Gasteiger partial charge in [-0.1, -0.05) is 12.1 Å². The molecular weight excluding hydrogens is 240 g/mol. The maximum absolute atomic E-state index is 5.55. The van der Waals surface area contributed by atoms with Gasteiger partial charge in [-0.2, -0.15) is 0 Å². The van der Waals surface area contributed by atoms with E-state index >= 15 is 0 Å². The molecule has 2 N–H and O–H groups in total. The van der Waals surface area contributed by atoms with E-state index in [2.05, 4.69) is 34.9 Å². The van der Waals surface area contributed by atoms with Gasteiger partial charge in [-0.25, -0.2) is 0 Å². The van der Waals surface area contributed by atoms with E-state index in [1.165, 1.54) is 11.1 Å². The Morgan fingerprint density at radius 2 is 1.21 bits per heavy atom. The molecule has 0 atom stereocenters. The van der Waals surface area contributed by atoms with Crippen LogP contribution in [0.25, 0.3) is 0 Å². The molecule has 0 spiro atoms. The van der Waals surface area contributed by atoms with Gasteiger partial charge in [-0.05, 0) is 12.1 Å². The van der Waals surface area contributed by atoms with Crippen LogP contribution in [0, 0.1) is 0 Å². The number of ether oxygens (including phenoxy) is 2. The Morgan fingerprint density at radius 3 is 1.63 bits per heavy atom. The van der Waals surface area contributed by atoms with Crippen molar-refractivity contribution >= 4 is 11.4 Å². The topological polar surface area (TPSA) is 49.1 Å². The maximum atomic E-state index is 5.55. The summed E-state index contributed by atoms with van der Waals surface area (Å²) >= 11 is 0. The summed E-state index contributed by atoms with van der Waals surface area (Å²) < 4.78 is 11.1. The van der Waals surface area contributed by atoms with E-state index in [1.54, 1.807) is 0 Å². The van der Waals surface area contributed by atoms with Crippen LogP contribution in [-0.4, -0.2) is 14.1 Å². The second-order valence-electron chi connectivity index (χ2n) is 4.74. The van der Waals surface area contributed by atoms with Gasteiger partial charge in [-0.3, -0.25) is 0 Å². The second-order valence-corrected chi connectivity index (χ2v) is 4.74. The monoisotopic (exact) mass is 254 g/mol. The lowest BCUT2D eigenvalue weighted by atomic mass is 10.0. The molecule has 2 aromatic rings. The summed E-state index contributed by atoms with van der Waals surface area (Å²) in [5.41, 5.74) is 4.53. The predicted molar refractivity (Wildman–Crippen MR) is 74.9 cm³/mol. The first-order chi connectivity index (χ1) is 9.31. The Morgan fingerprint density at radius 1 is 0.737 bits per heavy atom. The fourth-order valence-electron chi connectivity index (χ4n) is 2.48. The summed E-state index contributed by atoms with van der Waals surface area (Å²) in [7, 11) is 3.81. The van der Waals surface area contributed by atoms with Crippen molar-refractivity contribution in [2.24, 2.45) is 0 Å². The lowest BCUT2D eigenvalue weighted by Gasteiger charge is -2.00. The van der Waals surface area contributed by atoms with Crippen LogP contribution in [-0.2, 0) is 6.42 Å². The molecule has 0 aromatic heterocycles. The first kappa shape index (κ1) is 10.6. The molecule has 0 aliphatic carbocycles. The van der Waals surface area contributed by atoms with Gasteiger partial charge < -0.3 is 20.1 Å². The summed E-state index contributed by atoms with van der Waals surface area (Å²) in [6.07, 6.45) is 0.846. The maximum Gasteiger partial charge on any atom is 0.193 e. The highest BCUT2D eigenvalue weighted by molar-refractivity contribution is 5.77. The zero-order valence-electron chi connectivity index (χ0n) is 10.8. The van der Waals surface area contributed by atoms with Crippen LogP contribution in [0.2, 0.25) is 0 Å². The average molecular weight is 254 g/mol. The van der Waals surface area contributed by atoms with Crippen molar-refractivity contribution in [1.29, 1.82) is 0 Å². The summed E-state index contributed by atoms with van der Waals surface area (Å²) in [6, 6.07) is 8.34. The lowest BCUT2D eigenvalue weighted by Crippen LogP contribution is -1.88. The van der Waals surface area contributed by atoms with Gasteiger partial charge in [0.2, 0.25) is 0 Å². The van der Waals surface area contributed by atoms with Crippen LogP contribution >= 0.6 is 0 Å². The van der Waals surface area contributed by atoms with Crippen molar-refractivity contribution in [3.8, 4) is 23.0 Å². The predicted octanol–water partition coefficient (Wildman–Crippen LogP) is 3.57. The molecule has 0 amide bonds. The van der Waals surface area contributed by atoms with Gasteiger partial charge in [0, 0.05) is 31.6 Å². The molecule has 4 rings (SSSR count). The highest BCUT2D eigenvalue weighted by Crippen LogP contribution is 2.57. The van der Waals surface area contributed by atoms with E-state index in [1.807, 2.05) is 14.1 Å². The lowest BCUT2D eigenvalue weighted by molar-refractivity contribution is 0.641. The third-order valence-corrected chi connectivity index (χ3v) is 3.63. The first-order valence-corrected chi connectivity index (χ1v) is 6.34. The van der Waals surface area contributed by atoms with Crippen LogP contribution in [0.15, 0.2) is 24.3 Å². The van der Waals surface area contributed by atoms with Crippen molar-refractivity contribution < 1.29 is 9.47 Å². The molecule has 2 heterocycles. The molecule has 0 radical (unpaired) electrons. The first-order valence-electron chi connectivity index (χ1n) is 6.34. The largest absolute Gasteiger partial charge is 0.447 e. The Kier molecular flexibility index (Phi) is 1.98. The van der Waals surface area contributed by atoms with Crippen LogP contribution in [0.1, 0.15) is 11.1 Å². The van der Waals surface area contributed by atoms with E-state index in [9.17, 15) is 0 Å². The minimum atomic E-state index is 0.846. The Labute approximate surface area is 111 Å². The molecule has 96 valence electrons. The summed E-state index contributed by atoms with van der Waals surface area (Å²) in [5.74, 6) is 3.99. The Bertz CT molecular complexity index is 636. The SMILES string of the molecule is CNc1ccc(Cc2ccc(NC)c3c2O3)c2c1O2. The molecule has 2 aromatic carbocycles. The molecular formula is C15H14N2O2. The molecule has 2 aliphatic rings. The molecule has 0 unspecified atom stereocenters. The number of hydrogen-bond acceptors (Lipinski definition) is 4. The van der Waals surface area contributed by atoms with Gasteiger partial charge >= 0.3 is 0 Å². The van der Waals surface area contributed by atoms with Crippen LogP contribution < -0.4 is 20.1 Å². The van der Waals surface area contributed by atoms with Crippen molar-refractivity contribution in [3.63, 3.8) is 0 Å². The number of fused-ring (bicyclic) bond motifs is 2. The summed E-state index contributed by atoms with van der Waals surface area (Å²) in [6.45, 7) is 0. The fraction of sp³-hybridized carbons (Fsp3) is 0.200. The van der Waals surface area contributed by atoms with E-state index in [0.29, 0.717) is 0 Å². The van der Waals surface area contributed by atoms with E-state index in [-0.39, 0.29) is 0 Å². The van der Waals surface area contributed by atoms with Crippen molar-refractivity contribution in [2.45, 2.75) is 6.42 Å². The number of anilines is 2. The highest BCUT2D eigenvalue weighted by Gasteiger charge is 2.32. The van der Waals surface area contributed by atoms with Crippen LogP contribution in [0.4, 0.5) is 11.4 Å². The molecule has 0 fully saturated rings. The van der Waals surface area contributed by atoms with E-state index in [4.69, 9.17) is 9.47 Å². The number of nitrogens with one attached hydrogen (secondary N) is 2. The minimum Gasteiger partial charge on any atom is -0.447 e. The zero-order valence-corrected chi connectivity index (χ0v) is 10.8. The Hall–Kier alpha value is -2.36. The second kappa shape index (κ2) is 3.57. The summed E-state index contributed by atoms with van der Waals surface area (Å²) in [4.78, 5) is 0. The molecule has 0 saturated carbocycles. The van der Waals surface area contributed by atoms with Gasteiger partial charge in [0.15, 0.2) is 23.0 Å². The van der Waals surface area contributed by atoms with E-state index in [0.717, 1.165) is 40.8 Å². The van der Waals surface area contributed by atoms with Gasteiger partial charge in [0.05, 0.1) is 11.4 Å². The smallest absolute Gasteiger partial charge is 0.193 e. The van der Waals surface area contributed by atoms with Crippen molar-refractivity contribution in [3.05, 3.63) is 35.4 Å². The molecule has 0 saturated heterocycles. The number of benzene rings is 2. The van der Waals surface area contributed by atoms with Crippen molar-refractivity contribution in [2.75, 3.05) is 24.7 Å². The number of hydrogen-bond donors (Lipinski definition) is 2. The normalized spacial score (nSPS) is 12.7. The third-order valence-electron chi connectivity index (χ3n) is 3.63. The molecule has 19 heavy (non-hydrogen) atoms. The third kappa shape index (κ3) is 1.53. The van der Waals surface area contributed by atoms with Gasteiger partial charge in [-0.15, -0.1) is 0 Å². The summed E-state index contributed by atoms with van der Waals surface area (Å²) in [5, 5.41) is 6.23. The Balaban J connectivity index is 1.64. The molecule has 2 aliphatic heterocycles. The highest BCUT2D eigenvalue weighted by atomic mass is 16.6. The van der Waals surface area contributed by atoms with Crippen molar-refractivity contribution in [1.82, 2.24) is 0 Å². The fourth-order valence-corrected chi connectivity index (χ4v) is 2.48. The van der Waals surface area contributed by atoms with E-state index < -0.39 is 0 Å². The average Bonchev–Trinajstić information content (AvgIpc) is 3.30.